The van der Waals surface area contributed by atoms with Crippen LogP contribution < -0.4 is 0 Å². The average Bonchev–Trinajstić information content (AvgIpc) is 3.33. The van der Waals surface area contributed by atoms with Crippen LogP contribution in [0.5, 0.6) is 0 Å². The monoisotopic (exact) mass is 435 g/mol. The van der Waals surface area contributed by atoms with Gasteiger partial charge in [-0.15, -0.1) is 22.0 Å². The van der Waals surface area contributed by atoms with E-state index in [2.05, 4.69) is 15.2 Å². The quantitative estimate of drug-likeness (QED) is 0.541. The van der Waals surface area contributed by atoms with Crippen molar-refractivity contribution in [2.75, 3.05) is 5.75 Å². The number of hydrogen-bond donors (Lipinski definition) is 0. The molecular formula is C19H16F3N5S2. The summed E-state index contributed by atoms with van der Waals surface area (Å²) in [5.74, 6) is 2.05. The molecule has 0 amide bonds. The van der Waals surface area contributed by atoms with Crippen molar-refractivity contribution in [2.24, 2.45) is 12.0 Å². The van der Waals surface area contributed by atoms with Crippen LogP contribution in [0, 0.1) is 0 Å². The van der Waals surface area contributed by atoms with Gasteiger partial charge in [0.05, 0.1) is 5.56 Å². The van der Waals surface area contributed by atoms with Gasteiger partial charge in [-0.25, -0.2) is 0 Å². The zero-order chi connectivity index (χ0) is 20.4. The first kappa shape index (κ1) is 20.0. The first-order chi connectivity index (χ1) is 13.9. The molecule has 1 aliphatic rings. The minimum Gasteiger partial charge on any atom is -0.307 e. The van der Waals surface area contributed by atoms with Crippen LogP contribution >= 0.6 is 23.5 Å². The van der Waals surface area contributed by atoms with Crippen molar-refractivity contribution in [1.29, 1.82) is 0 Å². The van der Waals surface area contributed by atoms with Crippen molar-refractivity contribution in [3.63, 3.8) is 0 Å². The molecule has 150 valence electrons. The van der Waals surface area contributed by atoms with Crippen LogP contribution in [0.25, 0.3) is 0 Å². The molecule has 3 heterocycles. The van der Waals surface area contributed by atoms with Gasteiger partial charge in [0.2, 0.25) is 0 Å². The molecule has 5 nitrogen and oxygen atoms in total. The van der Waals surface area contributed by atoms with E-state index in [4.69, 9.17) is 4.99 Å². The molecule has 2 aromatic heterocycles. The molecular weight excluding hydrogens is 419 g/mol. The molecule has 0 N–H and O–H groups in total. The van der Waals surface area contributed by atoms with Crippen LogP contribution in [-0.2, 0) is 19.0 Å². The second kappa shape index (κ2) is 8.19. The molecule has 0 saturated heterocycles. The van der Waals surface area contributed by atoms with E-state index in [0.717, 1.165) is 39.9 Å². The molecule has 0 saturated carbocycles. The number of pyridine rings is 1. The highest BCUT2D eigenvalue weighted by Gasteiger charge is 2.30. The van der Waals surface area contributed by atoms with Gasteiger partial charge < -0.3 is 4.57 Å². The third-order valence-electron chi connectivity index (χ3n) is 4.38. The van der Waals surface area contributed by atoms with Crippen molar-refractivity contribution in [3.05, 3.63) is 71.3 Å². The summed E-state index contributed by atoms with van der Waals surface area (Å²) in [7, 11) is 1.88. The Labute approximate surface area is 173 Å². The van der Waals surface area contributed by atoms with Gasteiger partial charge in [0.15, 0.2) is 11.0 Å². The Bertz CT molecular complexity index is 1020. The first-order valence-electron chi connectivity index (χ1n) is 8.71. The van der Waals surface area contributed by atoms with Gasteiger partial charge in [0.1, 0.15) is 11.1 Å². The summed E-state index contributed by atoms with van der Waals surface area (Å²) < 4.78 is 39.9. The molecule has 1 aliphatic heterocycles. The Kier molecular flexibility index (Phi) is 5.64. The standard InChI is InChI=1S/C19H16F3N5S2/c1-27-16(15-11-28-17(24-15)13-3-2-8-23-9-13)25-26-18(27)29-10-12-4-6-14(7-5-12)19(20,21)22/h2-9,15H,10-11H2,1H3. The second-order valence-electron chi connectivity index (χ2n) is 6.39. The van der Waals surface area contributed by atoms with Gasteiger partial charge in [-0.05, 0) is 29.8 Å². The van der Waals surface area contributed by atoms with Crippen molar-refractivity contribution in [1.82, 2.24) is 19.7 Å². The molecule has 29 heavy (non-hydrogen) atoms. The van der Waals surface area contributed by atoms with Crippen molar-refractivity contribution in [3.8, 4) is 0 Å². The van der Waals surface area contributed by atoms with Crippen LogP contribution in [0.4, 0.5) is 13.2 Å². The van der Waals surface area contributed by atoms with Crippen LogP contribution in [0.15, 0.2) is 58.9 Å². The predicted octanol–water partition coefficient (Wildman–Crippen LogP) is 4.76. The lowest BCUT2D eigenvalue weighted by Gasteiger charge is -2.08. The van der Waals surface area contributed by atoms with Gasteiger partial charge in [0.25, 0.3) is 0 Å². The molecule has 1 aromatic carbocycles. The van der Waals surface area contributed by atoms with E-state index in [1.807, 2.05) is 23.7 Å². The fourth-order valence-electron chi connectivity index (χ4n) is 2.83. The molecule has 0 radical (unpaired) electrons. The smallest absolute Gasteiger partial charge is 0.307 e. The van der Waals surface area contributed by atoms with E-state index in [9.17, 15) is 13.2 Å². The Balaban J connectivity index is 1.43. The first-order valence-corrected chi connectivity index (χ1v) is 10.7. The normalized spacial score (nSPS) is 16.8. The number of hydrogen-bond acceptors (Lipinski definition) is 6. The summed E-state index contributed by atoms with van der Waals surface area (Å²) in [6, 6.07) is 8.95. The van der Waals surface area contributed by atoms with Crippen LogP contribution in [0.2, 0.25) is 0 Å². The molecule has 1 unspecified atom stereocenters. The Hall–Kier alpha value is -2.33. The largest absolute Gasteiger partial charge is 0.416 e. The summed E-state index contributed by atoms with van der Waals surface area (Å²) in [4.78, 5) is 8.88. The maximum atomic E-state index is 12.7. The molecule has 4 rings (SSSR count). The average molecular weight is 436 g/mol. The zero-order valence-corrected chi connectivity index (χ0v) is 16.9. The predicted molar refractivity (Wildman–Crippen MR) is 108 cm³/mol. The third-order valence-corrected chi connectivity index (χ3v) is 6.56. The highest BCUT2D eigenvalue weighted by Crippen LogP contribution is 2.34. The maximum absolute atomic E-state index is 12.7. The Morgan fingerprint density at radius 1 is 1.17 bits per heavy atom. The molecule has 0 aliphatic carbocycles. The number of halogens is 3. The lowest BCUT2D eigenvalue weighted by Crippen LogP contribution is -2.05. The van der Waals surface area contributed by atoms with Crippen LogP contribution in [0.1, 0.15) is 28.6 Å². The van der Waals surface area contributed by atoms with E-state index in [0.29, 0.717) is 10.9 Å². The summed E-state index contributed by atoms with van der Waals surface area (Å²) in [6.45, 7) is 0. The fraction of sp³-hybridized carbons (Fsp3) is 0.263. The lowest BCUT2D eigenvalue weighted by molar-refractivity contribution is -0.137. The molecule has 0 fully saturated rings. The van der Waals surface area contributed by atoms with Gasteiger partial charge in [-0.2, -0.15) is 13.2 Å². The zero-order valence-electron chi connectivity index (χ0n) is 15.3. The van der Waals surface area contributed by atoms with Crippen molar-refractivity contribution in [2.45, 2.75) is 23.1 Å². The maximum Gasteiger partial charge on any atom is 0.416 e. The number of rotatable bonds is 5. The fourth-order valence-corrected chi connectivity index (χ4v) is 4.74. The van der Waals surface area contributed by atoms with Gasteiger partial charge in [0, 0.05) is 36.5 Å². The van der Waals surface area contributed by atoms with E-state index in [1.54, 1.807) is 24.2 Å². The number of nitrogens with zero attached hydrogens (tertiary/aromatic N) is 5. The number of alkyl halides is 3. The molecule has 1 atom stereocenters. The number of aromatic nitrogens is 4. The number of benzene rings is 1. The van der Waals surface area contributed by atoms with E-state index in [1.165, 1.54) is 23.9 Å². The van der Waals surface area contributed by atoms with Gasteiger partial charge >= 0.3 is 6.18 Å². The van der Waals surface area contributed by atoms with Crippen molar-refractivity contribution >= 4 is 28.6 Å². The van der Waals surface area contributed by atoms with Gasteiger partial charge in [-0.1, -0.05) is 23.9 Å². The van der Waals surface area contributed by atoms with E-state index in [-0.39, 0.29) is 6.04 Å². The molecule has 0 bridgehead atoms. The summed E-state index contributed by atoms with van der Waals surface area (Å²) in [6.07, 6.45) is -0.807. The Morgan fingerprint density at radius 2 is 1.97 bits per heavy atom. The van der Waals surface area contributed by atoms with Gasteiger partial charge in [-0.3, -0.25) is 9.98 Å². The SMILES string of the molecule is Cn1c(SCc2ccc(C(F)(F)F)cc2)nnc1C1CSC(c2cccnc2)=N1. The minimum absolute atomic E-state index is 0.0897. The molecule has 10 heteroatoms. The topological polar surface area (TPSA) is 56.0 Å². The lowest BCUT2D eigenvalue weighted by atomic mass is 10.1. The number of aliphatic imine (C=N–C) groups is 1. The summed E-state index contributed by atoms with van der Waals surface area (Å²) >= 11 is 3.09. The Morgan fingerprint density at radius 3 is 2.66 bits per heavy atom. The minimum atomic E-state index is -4.32. The molecule has 0 spiro atoms. The van der Waals surface area contributed by atoms with Crippen LogP contribution in [0.3, 0.4) is 0 Å². The van der Waals surface area contributed by atoms with Crippen LogP contribution in [-0.4, -0.2) is 30.5 Å². The van der Waals surface area contributed by atoms with E-state index >= 15 is 0 Å². The summed E-state index contributed by atoms with van der Waals surface area (Å²) in [5, 5.41) is 10.2. The molecule has 3 aromatic rings. The summed E-state index contributed by atoms with van der Waals surface area (Å²) in [5.41, 5.74) is 1.13. The number of thioether (sulfide) groups is 2. The second-order valence-corrected chi connectivity index (χ2v) is 8.34. The van der Waals surface area contributed by atoms with E-state index < -0.39 is 11.7 Å². The highest BCUT2D eigenvalue weighted by molar-refractivity contribution is 8.14. The highest BCUT2D eigenvalue weighted by atomic mass is 32.2. The van der Waals surface area contributed by atoms with Crippen molar-refractivity contribution < 1.29 is 13.2 Å². The third kappa shape index (κ3) is 4.48.